The van der Waals surface area contributed by atoms with E-state index in [4.69, 9.17) is 5.11 Å². The Kier molecular flexibility index (Phi) is 7.14. The van der Waals surface area contributed by atoms with E-state index < -0.39 is 5.97 Å². The molecule has 1 aromatic heterocycles. The lowest BCUT2D eigenvalue weighted by molar-refractivity contribution is 0.0697. The molecular formula is C14H24N2O2. The topological polar surface area (TPSA) is 55.1 Å². The average Bonchev–Trinajstić information content (AvgIpc) is 2.81. The van der Waals surface area contributed by atoms with E-state index >= 15 is 0 Å². The third-order valence-electron chi connectivity index (χ3n) is 3.12. The summed E-state index contributed by atoms with van der Waals surface area (Å²) in [5.74, 6) is -0.905. The van der Waals surface area contributed by atoms with Gasteiger partial charge < -0.3 is 5.11 Å². The number of aryl methyl sites for hydroxylation is 1. The van der Waals surface area contributed by atoms with Gasteiger partial charge in [-0.1, -0.05) is 51.9 Å². The van der Waals surface area contributed by atoms with Crippen molar-refractivity contribution >= 4 is 5.97 Å². The van der Waals surface area contributed by atoms with Crippen LogP contribution in [0, 0.1) is 0 Å². The highest BCUT2D eigenvalue weighted by Crippen LogP contribution is 2.09. The lowest BCUT2D eigenvalue weighted by Gasteiger charge is -2.02. The van der Waals surface area contributed by atoms with Crippen molar-refractivity contribution in [1.82, 2.24) is 9.78 Å². The van der Waals surface area contributed by atoms with Crippen molar-refractivity contribution < 1.29 is 9.90 Å². The van der Waals surface area contributed by atoms with Crippen molar-refractivity contribution in [3.63, 3.8) is 0 Å². The van der Waals surface area contributed by atoms with Crippen LogP contribution in [-0.4, -0.2) is 20.9 Å². The summed E-state index contributed by atoms with van der Waals surface area (Å²) in [7, 11) is 0. The van der Waals surface area contributed by atoms with E-state index in [1.165, 1.54) is 51.1 Å². The second kappa shape index (κ2) is 8.72. The molecule has 18 heavy (non-hydrogen) atoms. The van der Waals surface area contributed by atoms with E-state index in [0.717, 1.165) is 13.0 Å². The number of unbranched alkanes of at least 4 members (excludes halogenated alkanes) is 7. The number of rotatable bonds is 10. The molecule has 0 radical (unpaired) electrons. The normalized spacial score (nSPS) is 10.7. The molecule has 1 aromatic rings. The number of hydrogen-bond acceptors (Lipinski definition) is 2. The molecule has 0 saturated heterocycles. The monoisotopic (exact) mass is 252 g/mol. The molecule has 0 unspecified atom stereocenters. The van der Waals surface area contributed by atoms with Crippen molar-refractivity contribution in [2.24, 2.45) is 0 Å². The van der Waals surface area contributed by atoms with Gasteiger partial charge in [-0.05, 0) is 6.42 Å². The van der Waals surface area contributed by atoms with Crippen molar-refractivity contribution in [3.8, 4) is 0 Å². The predicted octanol–water partition coefficient (Wildman–Crippen LogP) is 3.72. The Morgan fingerprint density at radius 2 is 1.78 bits per heavy atom. The molecule has 4 heteroatoms. The highest BCUT2D eigenvalue weighted by atomic mass is 16.4. The largest absolute Gasteiger partial charge is 0.478 e. The lowest BCUT2D eigenvalue weighted by atomic mass is 10.1. The van der Waals surface area contributed by atoms with Crippen LogP contribution in [0.3, 0.4) is 0 Å². The molecular weight excluding hydrogens is 228 g/mol. The highest BCUT2D eigenvalue weighted by Gasteiger charge is 2.04. The summed E-state index contributed by atoms with van der Waals surface area (Å²) in [6, 6.07) is 0. The Labute approximate surface area is 109 Å². The quantitative estimate of drug-likeness (QED) is 0.646. The van der Waals surface area contributed by atoms with E-state index in [0.29, 0.717) is 0 Å². The summed E-state index contributed by atoms with van der Waals surface area (Å²) in [5, 5.41) is 12.8. The summed E-state index contributed by atoms with van der Waals surface area (Å²) in [5.41, 5.74) is 0.273. The van der Waals surface area contributed by atoms with E-state index in [2.05, 4.69) is 12.0 Å². The van der Waals surface area contributed by atoms with Crippen LogP contribution in [0.25, 0.3) is 0 Å². The molecule has 0 bridgehead atoms. The zero-order chi connectivity index (χ0) is 13.2. The van der Waals surface area contributed by atoms with Gasteiger partial charge in [0.05, 0.1) is 11.8 Å². The summed E-state index contributed by atoms with van der Waals surface area (Å²) in [6.45, 7) is 3.05. The number of nitrogens with zero attached hydrogens (tertiary/aromatic N) is 2. The fourth-order valence-corrected chi connectivity index (χ4v) is 2.00. The number of carbonyl (C=O) groups is 1. The van der Waals surface area contributed by atoms with Gasteiger partial charge in [-0.15, -0.1) is 0 Å². The molecule has 0 atom stereocenters. The summed E-state index contributed by atoms with van der Waals surface area (Å²) in [4.78, 5) is 10.7. The zero-order valence-corrected chi connectivity index (χ0v) is 11.3. The van der Waals surface area contributed by atoms with Gasteiger partial charge in [0, 0.05) is 12.7 Å². The first-order valence-electron chi connectivity index (χ1n) is 6.99. The Balaban J connectivity index is 2.02. The van der Waals surface area contributed by atoms with Crippen LogP contribution in [0.2, 0.25) is 0 Å². The zero-order valence-electron chi connectivity index (χ0n) is 11.3. The van der Waals surface area contributed by atoms with Crippen LogP contribution in [0.1, 0.15) is 68.6 Å². The molecule has 1 heterocycles. The van der Waals surface area contributed by atoms with Crippen LogP contribution >= 0.6 is 0 Å². The molecule has 1 rings (SSSR count). The van der Waals surface area contributed by atoms with E-state index in [1.807, 2.05) is 0 Å². The second-order valence-electron chi connectivity index (χ2n) is 4.77. The highest BCUT2D eigenvalue weighted by molar-refractivity contribution is 5.86. The first-order valence-corrected chi connectivity index (χ1v) is 6.99. The summed E-state index contributed by atoms with van der Waals surface area (Å²) in [6.07, 6.45) is 13.2. The number of aromatic carboxylic acids is 1. The van der Waals surface area contributed by atoms with Crippen molar-refractivity contribution in [2.45, 2.75) is 64.8 Å². The summed E-state index contributed by atoms with van der Waals surface area (Å²) < 4.78 is 1.72. The molecule has 0 aliphatic rings. The maximum absolute atomic E-state index is 10.7. The third kappa shape index (κ3) is 5.84. The minimum absolute atomic E-state index is 0.273. The van der Waals surface area contributed by atoms with Gasteiger partial charge in [-0.2, -0.15) is 5.10 Å². The van der Waals surface area contributed by atoms with Crippen LogP contribution in [0.4, 0.5) is 0 Å². The van der Waals surface area contributed by atoms with Gasteiger partial charge >= 0.3 is 5.97 Å². The molecule has 0 spiro atoms. The third-order valence-corrected chi connectivity index (χ3v) is 3.12. The number of carboxylic acid groups (broad SMARTS) is 1. The SMILES string of the molecule is CCCCCCCCCCn1cc(C(=O)O)cn1. The molecule has 1 N–H and O–H groups in total. The Bertz CT molecular complexity index is 347. The van der Waals surface area contributed by atoms with Crippen LogP contribution in [0.15, 0.2) is 12.4 Å². The fourth-order valence-electron chi connectivity index (χ4n) is 2.00. The van der Waals surface area contributed by atoms with Crippen LogP contribution in [-0.2, 0) is 6.54 Å². The average molecular weight is 252 g/mol. The van der Waals surface area contributed by atoms with Crippen molar-refractivity contribution in [2.75, 3.05) is 0 Å². The van der Waals surface area contributed by atoms with Crippen molar-refractivity contribution in [3.05, 3.63) is 18.0 Å². The Morgan fingerprint density at radius 3 is 2.33 bits per heavy atom. The second-order valence-corrected chi connectivity index (χ2v) is 4.77. The maximum Gasteiger partial charge on any atom is 0.338 e. The number of carboxylic acids is 1. The van der Waals surface area contributed by atoms with Gasteiger partial charge in [0.25, 0.3) is 0 Å². The van der Waals surface area contributed by atoms with E-state index in [9.17, 15) is 4.79 Å². The first kappa shape index (κ1) is 14.7. The van der Waals surface area contributed by atoms with Crippen molar-refractivity contribution in [1.29, 1.82) is 0 Å². The van der Waals surface area contributed by atoms with Gasteiger partial charge in [0.2, 0.25) is 0 Å². The molecule has 4 nitrogen and oxygen atoms in total. The minimum Gasteiger partial charge on any atom is -0.478 e. The van der Waals surface area contributed by atoms with Gasteiger partial charge in [0.1, 0.15) is 0 Å². The van der Waals surface area contributed by atoms with Crippen LogP contribution in [0.5, 0.6) is 0 Å². The minimum atomic E-state index is -0.905. The lowest BCUT2D eigenvalue weighted by Crippen LogP contribution is -1.99. The van der Waals surface area contributed by atoms with Gasteiger partial charge in [0.15, 0.2) is 0 Å². The molecule has 102 valence electrons. The van der Waals surface area contributed by atoms with E-state index in [-0.39, 0.29) is 5.56 Å². The van der Waals surface area contributed by atoms with Gasteiger partial charge in [-0.25, -0.2) is 4.79 Å². The first-order chi connectivity index (χ1) is 8.74. The maximum atomic E-state index is 10.7. The molecule has 0 aliphatic carbocycles. The number of aromatic nitrogens is 2. The fraction of sp³-hybridized carbons (Fsp3) is 0.714. The molecule has 0 aromatic carbocycles. The number of hydrogen-bond donors (Lipinski definition) is 1. The van der Waals surface area contributed by atoms with E-state index in [1.54, 1.807) is 10.9 Å². The summed E-state index contributed by atoms with van der Waals surface area (Å²) >= 11 is 0. The Morgan fingerprint density at radius 1 is 1.17 bits per heavy atom. The molecule has 0 amide bonds. The Hall–Kier alpha value is -1.32. The standard InChI is InChI=1S/C14H24N2O2/c1-2-3-4-5-6-7-8-9-10-16-12-13(11-15-16)14(17)18/h11-12H,2-10H2,1H3,(H,17,18). The molecule has 0 aliphatic heterocycles. The smallest absolute Gasteiger partial charge is 0.338 e. The van der Waals surface area contributed by atoms with Crippen LogP contribution < -0.4 is 0 Å². The molecule has 0 saturated carbocycles. The van der Waals surface area contributed by atoms with Gasteiger partial charge in [-0.3, -0.25) is 4.68 Å². The predicted molar refractivity (Wildman–Crippen MR) is 71.8 cm³/mol. The molecule has 0 fully saturated rings.